The SMILES string of the molecule is Fc1cc(-c2nc(Cl)ncc2Cl)ccn1. The Kier molecular flexibility index (Phi) is 2.79. The van der Waals surface area contributed by atoms with E-state index in [1.165, 1.54) is 18.5 Å². The Morgan fingerprint density at radius 1 is 1.20 bits per heavy atom. The maximum atomic E-state index is 12.9. The van der Waals surface area contributed by atoms with Gasteiger partial charge in [-0.2, -0.15) is 4.39 Å². The van der Waals surface area contributed by atoms with Crippen LogP contribution in [0.1, 0.15) is 0 Å². The van der Waals surface area contributed by atoms with Crippen molar-refractivity contribution >= 4 is 23.2 Å². The van der Waals surface area contributed by atoms with Crippen LogP contribution in [0.2, 0.25) is 10.3 Å². The smallest absolute Gasteiger partial charge is 0.222 e. The van der Waals surface area contributed by atoms with Crippen molar-refractivity contribution in [1.82, 2.24) is 15.0 Å². The molecule has 0 aromatic carbocycles. The average molecular weight is 244 g/mol. The standard InChI is InChI=1S/C9H4Cl2FN3/c10-6-4-14-9(11)15-8(6)5-1-2-13-7(12)3-5/h1-4H. The first-order chi connectivity index (χ1) is 7.16. The lowest BCUT2D eigenvalue weighted by Crippen LogP contribution is -1.90. The van der Waals surface area contributed by atoms with Gasteiger partial charge in [0, 0.05) is 17.8 Å². The monoisotopic (exact) mass is 243 g/mol. The normalized spacial score (nSPS) is 10.3. The van der Waals surface area contributed by atoms with E-state index in [4.69, 9.17) is 23.2 Å². The molecule has 0 atom stereocenters. The Hall–Kier alpha value is -1.26. The number of aromatic nitrogens is 3. The van der Waals surface area contributed by atoms with Crippen LogP contribution < -0.4 is 0 Å². The fraction of sp³-hybridized carbons (Fsp3) is 0. The summed E-state index contributed by atoms with van der Waals surface area (Å²) in [4.78, 5) is 11.0. The first-order valence-electron chi connectivity index (χ1n) is 3.97. The highest BCUT2D eigenvalue weighted by Gasteiger charge is 2.08. The zero-order chi connectivity index (χ0) is 10.8. The zero-order valence-electron chi connectivity index (χ0n) is 7.28. The van der Waals surface area contributed by atoms with Gasteiger partial charge in [0.05, 0.1) is 16.9 Å². The van der Waals surface area contributed by atoms with Crippen LogP contribution in [0.5, 0.6) is 0 Å². The third kappa shape index (κ3) is 2.22. The summed E-state index contributed by atoms with van der Waals surface area (Å²) in [5.41, 5.74) is 0.898. The lowest BCUT2D eigenvalue weighted by Gasteiger charge is -2.02. The van der Waals surface area contributed by atoms with E-state index in [9.17, 15) is 4.39 Å². The Morgan fingerprint density at radius 3 is 2.73 bits per heavy atom. The number of rotatable bonds is 1. The van der Waals surface area contributed by atoms with Crippen LogP contribution >= 0.6 is 23.2 Å². The van der Waals surface area contributed by atoms with Crippen LogP contribution in [0.15, 0.2) is 24.5 Å². The lowest BCUT2D eigenvalue weighted by atomic mass is 10.2. The minimum absolute atomic E-state index is 0.0617. The van der Waals surface area contributed by atoms with Gasteiger partial charge in [-0.25, -0.2) is 15.0 Å². The van der Waals surface area contributed by atoms with Gasteiger partial charge < -0.3 is 0 Å². The molecule has 6 heteroatoms. The molecular formula is C9H4Cl2FN3. The molecule has 0 spiro atoms. The predicted molar refractivity (Wildman–Crippen MR) is 55.2 cm³/mol. The molecule has 3 nitrogen and oxygen atoms in total. The van der Waals surface area contributed by atoms with Crippen molar-refractivity contribution in [3.8, 4) is 11.3 Å². The molecule has 2 aromatic rings. The van der Waals surface area contributed by atoms with Gasteiger partial charge >= 0.3 is 0 Å². The van der Waals surface area contributed by atoms with Crippen molar-refractivity contribution < 1.29 is 4.39 Å². The molecule has 0 radical (unpaired) electrons. The summed E-state index contributed by atoms with van der Waals surface area (Å²) in [7, 11) is 0. The Morgan fingerprint density at radius 2 is 2.00 bits per heavy atom. The second-order valence-corrected chi connectivity index (χ2v) is 3.45. The van der Waals surface area contributed by atoms with Gasteiger partial charge in [-0.15, -0.1) is 0 Å². The van der Waals surface area contributed by atoms with E-state index >= 15 is 0 Å². The van der Waals surface area contributed by atoms with Crippen molar-refractivity contribution in [2.45, 2.75) is 0 Å². The highest BCUT2D eigenvalue weighted by Crippen LogP contribution is 2.25. The van der Waals surface area contributed by atoms with Gasteiger partial charge in [0.1, 0.15) is 0 Å². The number of hydrogen-bond acceptors (Lipinski definition) is 3. The fourth-order valence-corrected chi connectivity index (χ4v) is 1.43. The first kappa shape index (κ1) is 10.3. The van der Waals surface area contributed by atoms with Gasteiger partial charge in [0.15, 0.2) is 0 Å². The van der Waals surface area contributed by atoms with E-state index in [0.717, 1.165) is 0 Å². The Balaban J connectivity index is 2.58. The molecule has 0 amide bonds. The van der Waals surface area contributed by atoms with E-state index < -0.39 is 5.95 Å². The summed E-state index contributed by atoms with van der Waals surface area (Å²) in [5, 5.41) is 0.372. The topological polar surface area (TPSA) is 38.7 Å². The number of hydrogen-bond donors (Lipinski definition) is 0. The van der Waals surface area contributed by atoms with Gasteiger partial charge in [0.2, 0.25) is 11.2 Å². The number of halogens is 3. The summed E-state index contributed by atoms with van der Waals surface area (Å²) in [6.45, 7) is 0. The highest BCUT2D eigenvalue weighted by molar-refractivity contribution is 6.33. The van der Waals surface area contributed by atoms with Crippen molar-refractivity contribution in [3.63, 3.8) is 0 Å². The summed E-state index contributed by atoms with van der Waals surface area (Å²) in [6.07, 6.45) is 2.70. The minimum atomic E-state index is -0.599. The predicted octanol–water partition coefficient (Wildman–Crippen LogP) is 2.98. The summed E-state index contributed by atoms with van der Waals surface area (Å²) < 4.78 is 12.9. The maximum absolute atomic E-state index is 12.9. The van der Waals surface area contributed by atoms with Crippen molar-refractivity contribution in [2.75, 3.05) is 0 Å². The Bertz CT molecular complexity index is 504. The molecule has 0 aliphatic rings. The first-order valence-corrected chi connectivity index (χ1v) is 4.72. The zero-order valence-corrected chi connectivity index (χ0v) is 8.80. The van der Waals surface area contributed by atoms with Gasteiger partial charge in [0.25, 0.3) is 0 Å². The quantitative estimate of drug-likeness (QED) is 0.571. The van der Waals surface area contributed by atoms with E-state index in [1.807, 2.05) is 0 Å². The largest absolute Gasteiger partial charge is 0.228 e. The van der Waals surface area contributed by atoms with Crippen LogP contribution in [0.3, 0.4) is 0 Å². The van der Waals surface area contributed by atoms with Crippen molar-refractivity contribution in [2.24, 2.45) is 0 Å². The van der Waals surface area contributed by atoms with Crippen LogP contribution in [-0.4, -0.2) is 15.0 Å². The third-order valence-electron chi connectivity index (χ3n) is 1.71. The van der Waals surface area contributed by atoms with Gasteiger partial charge in [-0.05, 0) is 17.7 Å². The molecule has 0 bridgehead atoms. The fourth-order valence-electron chi connectivity index (χ4n) is 1.10. The Labute approximate surface area is 94.9 Å². The van der Waals surface area contributed by atoms with Crippen molar-refractivity contribution in [3.05, 3.63) is 40.8 Å². The molecule has 2 heterocycles. The second-order valence-electron chi connectivity index (χ2n) is 2.70. The summed E-state index contributed by atoms with van der Waals surface area (Å²) in [5.74, 6) is -0.599. The van der Waals surface area contributed by atoms with E-state index in [-0.39, 0.29) is 5.28 Å². The highest BCUT2D eigenvalue weighted by atomic mass is 35.5. The molecule has 0 fully saturated rings. The molecule has 0 aliphatic heterocycles. The molecule has 76 valence electrons. The third-order valence-corrected chi connectivity index (χ3v) is 2.17. The van der Waals surface area contributed by atoms with Crippen LogP contribution in [-0.2, 0) is 0 Å². The molecule has 2 rings (SSSR count). The second kappa shape index (κ2) is 4.08. The maximum Gasteiger partial charge on any atom is 0.222 e. The average Bonchev–Trinajstić information content (AvgIpc) is 2.22. The molecule has 0 saturated carbocycles. The molecule has 0 saturated heterocycles. The van der Waals surface area contributed by atoms with E-state index in [2.05, 4.69) is 15.0 Å². The molecule has 2 aromatic heterocycles. The molecule has 0 aliphatic carbocycles. The van der Waals surface area contributed by atoms with Crippen LogP contribution in [0, 0.1) is 5.95 Å². The van der Waals surface area contributed by atoms with Crippen LogP contribution in [0.4, 0.5) is 4.39 Å². The molecule has 0 unspecified atom stereocenters. The van der Waals surface area contributed by atoms with Gasteiger partial charge in [-0.3, -0.25) is 0 Å². The summed E-state index contributed by atoms with van der Waals surface area (Å²) >= 11 is 11.5. The minimum Gasteiger partial charge on any atom is -0.228 e. The number of pyridine rings is 1. The van der Waals surface area contributed by atoms with Crippen LogP contribution in [0.25, 0.3) is 11.3 Å². The van der Waals surface area contributed by atoms with Crippen molar-refractivity contribution in [1.29, 1.82) is 0 Å². The molecule has 0 N–H and O–H groups in total. The molecular weight excluding hydrogens is 240 g/mol. The lowest BCUT2D eigenvalue weighted by molar-refractivity contribution is 0.584. The summed E-state index contributed by atoms with van der Waals surface area (Å²) in [6, 6.07) is 2.82. The van der Waals surface area contributed by atoms with E-state index in [0.29, 0.717) is 16.3 Å². The van der Waals surface area contributed by atoms with E-state index in [1.54, 1.807) is 6.07 Å². The van der Waals surface area contributed by atoms with Gasteiger partial charge in [-0.1, -0.05) is 11.6 Å². The molecule has 15 heavy (non-hydrogen) atoms. The number of nitrogens with zero attached hydrogens (tertiary/aromatic N) is 3.